The quantitative estimate of drug-likeness (QED) is 0.0268. The summed E-state index contributed by atoms with van der Waals surface area (Å²) < 4.78 is 101. The van der Waals surface area contributed by atoms with Crippen LogP contribution in [-0.4, -0.2) is 79.5 Å². The lowest BCUT2D eigenvalue weighted by molar-refractivity contribution is -0.156. The molecule has 4 aromatic heterocycles. The number of rotatable bonds is 21. The summed E-state index contributed by atoms with van der Waals surface area (Å²) in [6.07, 6.45) is -3.44. The van der Waals surface area contributed by atoms with Crippen molar-refractivity contribution in [2.75, 3.05) is 19.8 Å². The molecule has 0 unspecified atom stereocenters. The zero-order chi connectivity index (χ0) is 60.4. The highest BCUT2D eigenvalue weighted by molar-refractivity contribution is 6.76. The molecule has 0 amide bonds. The number of aromatic nitrogens is 6. The summed E-state index contributed by atoms with van der Waals surface area (Å²) in [6, 6.07) is 40.5. The van der Waals surface area contributed by atoms with Gasteiger partial charge in [0, 0.05) is 62.1 Å². The molecule has 21 heteroatoms. The molecule has 0 atom stereocenters. The van der Waals surface area contributed by atoms with Crippen LogP contribution in [0.5, 0.6) is 11.5 Å². The molecular formula is C62H68F6N6O8Si. The van der Waals surface area contributed by atoms with Gasteiger partial charge >= 0.3 is 24.3 Å². The number of pyridine rings is 2. The Morgan fingerprint density at radius 2 is 1.11 bits per heavy atom. The van der Waals surface area contributed by atoms with Gasteiger partial charge in [0.1, 0.15) is 48.8 Å². The fourth-order valence-corrected chi connectivity index (χ4v) is 8.29. The Morgan fingerprint density at radius 3 is 1.58 bits per heavy atom. The molecule has 0 saturated heterocycles. The lowest BCUT2D eigenvalue weighted by atomic mass is 9.90. The molecule has 0 radical (unpaired) electrons. The van der Waals surface area contributed by atoms with Gasteiger partial charge in [-0.3, -0.25) is 19.6 Å². The number of esters is 2. The summed E-state index contributed by atoms with van der Waals surface area (Å²) in [4.78, 5) is 42.7. The predicted octanol–water partition coefficient (Wildman–Crippen LogP) is 14.5. The van der Waals surface area contributed by atoms with Crippen molar-refractivity contribution < 1.29 is 65.1 Å². The van der Waals surface area contributed by atoms with E-state index in [1.807, 2.05) is 86.6 Å². The number of phenols is 1. The Bertz CT molecular complexity index is 3280. The Balaban J connectivity index is 0.000000215. The third-order valence-electron chi connectivity index (χ3n) is 12.8. The van der Waals surface area contributed by atoms with Crippen molar-refractivity contribution in [1.29, 1.82) is 0 Å². The molecule has 0 spiro atoms. The van der Waals surface area contributed by atoms with E-state index in [1.54, 1.807) is 74.5 Å². The van der Waals surface area contributed by atoms with Crippen LogP contribution in [-0.2, 0) is 56.1 Å². The van der Waals surface area contributed by atoms with E-state index in [4.69, 9.17) is 24.1 Å². The number of alkyl halides is 6. The summed E-state index contributed by atoms with van der Waals surface area (Å²) in [6.45, 7) is 15.2. The van der Waals surface area contributed by atoms with Crippen molar-refractivity contribution in [2.24, 2.45) is 10.8 Å². The number of halogens is 6. The number of aromatic amines is 1. The number of benzene rings is 4. The largest absolute Gasteiger partial charge is 0.508 e. The maximum absolute atomic E-state index is 13.2. The van der Waals surface area contributed by atoms with Crippen molar-refractivity contribution in [3.63, 3.8) is 0 Å². The molecule has 0 bridgehead atoms. The van der Waals surface area contributed by atoms with Crippen LogP contribution in [0.25, 0.3) is 45.3 Å². The standard InChI is InChI=1S/C28H26F3N3O3.C21H24F3N3O2Si.C13H18O3/c1-27(2,26(35)37-18-19-6-4-3-5-7-19)14-15-36-22-11-8-20(9-12-22)23-13-10-21(16-32-23)25-33-17-24(34-25)28(29,30)31;1-30(2,3)11-10-29-14-27-13-19(21(22,23)24)26-20(27)16-6-9-18(25-12-16)15-4-7-17(28)8-5-15;1-13(2,8-9-14)12(15)16-10-11-6-4-3-5-7-11/h3-13,16-17H,14-15,18H2,1-2H3,(H,33,34);4-9,12-13,28H,10-11,14H2,1-3H3;3-7,14H,8-10H2,1-2H3. The van der Waals surface area contributed by atoms with Gasteiger partial charge in [0.25, 0.3) is 0 Å². The second kappa shape index (κ2) is 28.7. The summed E-state index contributed by atoms with van der Waals surface area (Å²) in [7, 11) is -1.30. The van der Waals surface area contributed by atoms with Crippen molar-refractivity contribution in [1.82, 2.24) is 29.5 Å². The first kappa shape index (κ1) is 64.0. The maximum atomic E-state index is 13.2. The Labute approximate surface area is 479 Å². The molecule has 8 aromatic rings. The fourth-order valence-electron chi connectivity index (χ4n) is 7.53. The molecule has 14 nitrogen and oxygen atoms in total. The maximum Gasteiger partial charge on any atom is 0.434 e. The van der Waals surface area contributed by atoms with Gasteiger partial charge in [-0.05, 0) is 131 Å². The number of H-pyrrole nitrogens is 1. The van der Waals surface area contributed by atoms with E-state index in [-0.39, 0.29) is 55.9 Å². The Kier molecular flexibility index (Phi) is 22.1. The lowest BCUT2D eigenvalue weighted by Gasteiger charge is -2.22. The molecule has 4 aromatic carbocycles. The second-order valence-corrected chi connectivity index (χ2v) is 27.4. The molecule has 0 fully saturated rings. The van der Waals surface area contributed by atoms with Crippen LogP contribution >= 0.6 is 0 Å². The Morgan fingerprint density at radius 1 is 0.602 bits per heavy atom. The third-order valence-corrected chi connectivity index (χ3v) is 14.5. The van der Waals surface area contributed by atoms with Gasteiger partial charge in [-0.2, -0.15) is 26.3 Å². The van der Waals surface area contributed by atoms with Gasteiger partial charge in [0.05, 0.1) is 35.0 Å². The number of ether oxygens (including phenoxy) is 4. The van der Waals surface area contributed by atoms with Gasteiger partial charge in [-0.1, -0.05) is 80.3 Å². The third kappa shape index (κ3) is 20.1. The molecule has 8 rings (SSSR count). The zero-order valence-corrected chi connectivity index (χ0v) is 48.2. The van der Waals surface area contributed by atoms with E-state index in [2.05, 4.69) is 44.6 Å². The molecule has 83 heavy (non-hydrogen) atoms. The van der Waals surface area contributed by atoms with E-state index >= 15 is 0 Å². The molecule has 3 N–H and O–H groups in total. The summed E-state index contributed by atoms with van der Waals surface area (Å²) in [5, 5.41) is 18.2. The minimum absolute atomic E-state index is 0.00651. The highest BCUT2D eigenvalue weighted by Gasteiger charge is 2.36. The molecule has 0 aliphatic carbocycles. The number of nitrogens with one attached hydrogen (secondary N) is 1. The minimum Gasteiger partial charge on any atom is -0.508 e. The van der Waals surface area contributed by atoms with Crippen molar-refractivity contribution in [2.45, 2.75) is 98.5 Å². The molecule has 0 aliphatic heterocycles. The molecule has 0 aliphatic rings. The number of hydrogen-bond acceptors (Lipinski definition) is 12. The van der Waals surface area contributed by atoms with Gasteiger partial charge in [0.15, 0.2) is 5.69 Å². The molecule has 4 heterocycles. The average molecular weight is 1170 g/mol. The van der Waals surface area contributed by atoms with E-state index in [1.165, 1.54) is 17.0 Å². The number of hydrogen-bond donors (Lipinski definition) is 3. The number of imidazole rings is 2. The van der Waals surface area contributed by atoms with Crippen LogP contribution in [0.1, 0.15) is 63.1 Å². The van der Waals surface area contributed by atoms with E-state index in [9.17, 15) is 41.0 Å². The number of aliphatic hydroxyl groups is 1. The Hall–Kier alpha value is -8.14. The smallest absolute Gasteiger partial charge is 0.434 e. The highest BCUT2D eigenvalue weighted by Crippen LogP contribution is 2.33. The zero-order valence-electron chi connectivity index (χ0n) is 47.2. The van der Waals surface area contributed by atoms with Crippen LogP contribution in [0, 0.1) is 10.8 Å². The number of phenolic OH excluding ortho intramolecular Hbond substituents is 1. The number of aliphatic hydroxyl groups excluding tert-OH is 1. The SMILES string of the molecule is CC(C)(CCO)C(=O)OCc1ccccc1.CC(C)(CCOc1ccc(-c2ccc(-c3ncc(C(F)(F)F)[nH]3)cn2)cc1)C(=O)OCc1ccccc1.C[Si](C)(C)CCOCn1cc(C(F)(F)F)nc1-c1ccc(-c2ccc(O)cc2)nc1. The number of carbonyl (C=O) groups excluding carboxylic acids is 2. The first-order chi connectivity index (χ1) is 39.2. The van der Waals surface area contributed by atoms with Crippen LogP contribution in [0.4, 0.5) is 26.3 Å². The number of carbonyl (C=O) groups is 2. The van der Waals surface area contributed by atoms with Crippen molar-refractivity contribution in [3.05, 3.63) is 181 Å². The molecule has 0 saturated carbocycles. The van der Waals surface area contributed by atoms with Crippen LogP contribution < -0.4 is 4.74 Å². The van der Waals surface area contributed by atoms with E-state index in [0.29, 0.717) is 54.3 Å². The van der Waals surface area contributed by atoms with Crippen LogP contribution in [0.3, 0.4) is 0 Å². The number of nitrogens with zero attached hydrogens (tertiary/aromatic N) is 5. The predicted molar refractivity (Wildman–Crippen MR) is 306 cm³/mol. The normalized spacial score (nSPS) is 11.9. The first-order valence-corrected chi connectivity index (χ1v) is 30.2. The monoisotopic (exact) mass is 1170 g/mol. The van der Waals surface area contributed by atoms with Crippen LogP contribution in [0.15, 0.2) is 158 Å². The minimum atomic E-state index is -4.54. The van der Waals surface area contributed by atoms with Crippen molar-refractivity contribution in [3.8, 4) is 56.8 Å². The number of aromatic hydroxyl groups is 1. The lowest BCUT2D eigenvalue weighted by Crippen LogP contribution is -2.28. The second-order valence-electron chi connectivity index (χ2n) is 21.8. The van der Waals surface area contributed by atoms with Gasteiger partial charge in [-0.25, -0.2) is 9.97 Å². The topological polar surface area (TPSA) is 184 Å². The molecule has 440 valence electrons. The summed E-state index contributed by atoms with van der Waals surface area (Å²) in [5.74, 6) is 0.483. The van der Waals surface area contributed by atoms with Gasteiger partial charge in [0.2, 0.25) is 0 Å². The van der Waals surface area contributed by atoms with Gasteiger partial charge in [-0.15, -0.1) is 0 Å². The van der Waals surface area contributed by atoms with E-state index in [0.717, 1.165) is 40.7 Å². The summed E-state index contributed by atoms with van der Waals surface area (Å²) >= 11 is 0. The fraction of sp³-hybridized carbons (Fsp3) is 0.323. The average Bonchev–Trinajstić information content (AvgIpc) is 4.34. The van der Waals surface area contributed by atoms with Crippen molar-refractivity contribution >= 4 is 20.0 Å². The first-order valence-electron chi connectivity index (χ1n) is 26.5. The molecular weight excluding hydrogens is 1100 g/mol. The highest BCUT2D eigenvalue weighted by atomic mass is 28.3. The van der Waals surface area contributed by atoms with E-state index < -0.39 is 42.6 Å². The van der Waals surface area contributed by atoms with Gasteiger partial charge < -0.3 is 38.7 Å². The summed E-state index contributed by atoms with van der Waals surface area (Å²) in [5.41, 5.74) is 2.51. The van der Waals surface area contributed by atoms with Crippen LogP contribution in [0.2, 0.25) is 25.7 Å².